The molecule has 4 rings (SSSR count). The third kappa shape index (κ3) is 6.70. The fraction of sp³-hybridized carbons (Fsp3) is 0.400. The Labute approximate surface area is 242 Å². The molecule has 0 aromatic heterocycles. The van der Waals surface area contributed by atoms with Crippen LogP contribution in [0.2, 0.25) is 0 Å². The van der Waals surface area contributed by atoms with Crippen molar-refractivity contribution < 1.29 is 50.6 Å². The largest absolute Gasteiger partial charge is 0.523 e. The molecule has 1 aliphatic rings. The molecule has 3 N–H and O–H groups in total. The summed E-state index contributed by atoms with van der Waals surface area (Å²) < 4.78 is 79.9. The Balaban J connectivity index is 1.85. The Morgan fingerprint density at radius 3 is 1.74 bits per heavy atom. The van der Waals surface area contributed by atoms with E-state index in [9.17, 15) is 36.9 Å². The Kier molecular flexibility index (Phi) is 9.78. The number of alkyl halides is 3. The number of hydrogen-bond donors (Lipinski definition) is 3. The molecule has 1 aliphatic heterocycles. The van der Waals surface area contributed by atoms with Crippen LogP contribution in [0.5, 0.6) is 0 Å². The number of benzene rings is 3. The van der Waals surface area contributed by atoms with Crippen molar-refractivity contribution in [2.75, 3.05) is 13.7 Å². The van der Waals surface area contributed by atoms with E-state index in [0.29, 0.717) is 16.7 Å². The maximum Gasteiger partial charge on any atom is 0.523 e. The van der Waals surface area contributed by atoms with E-state index in [1.54, 1.807) is 91.0 Å². The van der Waals surface area contributed by atoms with Crippen LogP contribution >= 0.6 is 0 Å². The van der Waals surface area contributed by atoms with Gasteiger partial charge in [0.25, 0.3) is 0 Å². The highest BCUT2D eigenvalue weighted by atomic mass is 32.2. The summed E-state index contributed by atoms with van der Waals surface area (Å²) in [5.74, 6) is -1.69. The van der Waals surface area contributed by atoms with Crippen molar-refractivity contribution in [2.24, 2.45) is 5.92 Å². The number of aliphatic hydroxyl groups is 3. The molecule has 0 spiro atoms. The summed E-state index contributed by atoms with van der Waals surface area (Å²) in [6.45, 7) is -1.25. The number of methoxy groups -OCH3 is 1. The molecule has 0 radical (unpaired) electrons. The van der Waals surface area contributed by atoms with Gasteiger partial charge in [0.05, 0.1) is 18.8 Å². The molecule has 1 saturated heterocycles. The van der Waals surface area contributed by atoms with Crippen LogP contribution in [0.15, 0.2) is 91.0 Å². The van der Waals surface area contributed by atoms with Gasteiger partial charge in [-0.1, -0.05) is 91.0 Å². The Morgan fingerprint density at radius 1 is 0.833 bits per heavy atom. The molecule has 3 aromatic carbocycles. The summed E-state index contributed by atoms with van der Waals surface area (Å²) >= 11 is 0. The Morgan fingerprint density at radius 2 is 1.29 bits per heavy atom. The van der Waals surface area contributed by atoms with E-state index in [1.165, 1.54) is 7.11 Å². The van der Waals surface area contributed by atoms with Gasteiger partial charge in [0, 0.05) is 32.3 Å². The van der Waals surface area contributed by atoms with Crippen LogP contribution < -0.4 is 0 Å². The average Bonchev–Trinajstić information content (AvgIpc) is 2.95. The van der Waals surface area contributed by atoms with E-state index >= 15 is 0 Å². The Bertz CT molecular complexity index is 1390. The van der Waals surface area contributed by atoms with Crippen molar-refractivity contribution in [3.05, 3.63) is 108 Å². The molecule has 1 unspecified atom stereocenters. The standard InChI is InChI=1S/C30H33F3O8S/c1-39-27-29(36,19-23-15-9-4-10-16-23)28(35,18-22-13-7-3-8-14-22)24(20-40-42(37,38)30(31,32)33)26(41-27)25(34)17-21-11-5-2-6-12-21/h2-16,24-27,34-36H,17-20H2,1H3/t24-,25?,26+,27+,28+,29+/m1/s1. The molecule has 1 fully saturated rings. The second-order valence-electron chi connectivity index (χ2n) is 10.4. The van der Waals surface area contributed by atoms with Crippen LogP contribution in [0.1, 0.15) is 16.7 Å². The zero-order valence-corrected chi connectivity index (χ0v) is 23.5. The van der Waals surface area contributed by atoms with Crippen LogP contribution in [0.4, 0.5) is 13.2 Å². The third-order valence-electron chi connectivity index (χ3n) is 7.63. The summed E-state index contributed by atoms with van der Waals surface area (Å²) in [6, 6.07) is 25.4. The first-order chi connectivity index (χ1) is 19.8. The molecule has 3 aromatic rings. The highest BCUT2D eigenvalue weighted by Gasteiger charge is 2.66. The van der Waals surface area contributed by atoms with Crippen molar-refractivity contribution >= 4 is 10.1 Å². The average molecular weight is 611 g/mol. The van der Waals surface area contributed by atoms with Crippen LogP contribution in [0.3, 0.4) is 0 Å². The second-order valence-corrected chi connectivity index (χ2v) is 12.0. The maximum absolute atomic E-state index is 13.3. The van der Waals surface area contributed by atoms with Crippen LogP contribution in [-0.2, 0) is 43.0 Å². The summed E-state index contributed by atoms with van der Waals surface area (Å²) in [6.07, 6.45) is -5.31. The number of hydrogen-bond acceptors (Lipinski definition) is 8. The predicted octanol–water partition coefficient (Wildman–Crippen LogP) is 3.39. The lowest BCUT2D eigenvalue weighted by atomic mass is 9.63. The predicted molar refractivity (Wildman–Crippen MR) is 146 cm³/mol. The number of halogens is 3. The molecular weight excluding hydrogens is 577 g/mol. The molecule has 0 amide bonds. The maximum atomic E-state index is 13.3. The van der Waals surface area contributed by atoms with Crippen LogP contribution in [0.25, 0.3) is 0 Å². The van der Waals surface area contributed by atoms with Gasteiger partial charge in [-0.25, -0.2) is 0 Å². The quantitative estimate of drug-likeness (QED) is 0.223. The van der Waals surface area contributed by atoms with Crippen molar-refractivity contribution in [2.45, 2.75) is 54.5 Å². The van der Waals surface area contributed by atoms with Crippen molar-refractivity contribution in [3.63, 3.8) is 0 Å². The number of aliphatic hydroxyl groups excluding tert-OH is 1. The summed E-state index contributed by atoms with van der Waals surface area (Å²) in [4.78, 5) is 0. The van der Waals surface area contributed by atoms with E-state index in [4.69, 9.17) is 9.47 Å². The fourth-order valence-electron chi connectivity index (χ4n) is 5.53. The third-order valence-corrected chi connectivity index (χ3v) is 8.64. The van der Waals surface area contributed by atoms with E-state index in [1.807, 2.05) is 0 Å². The minimum Gasteiger partial charge on any atom is -0.390 e. The normalized spacial score (nSPS) is 27.5. The molecule has 0 aliphatic carbocycles. The zero-order chi connectivity index (χ0) is 30.6. The topological polar surface area (TPSA) is 123 Å². The first-order valence-corrected chi connectivity index (χ1v) is 14.6. The monoisotopic (exact) mass is 610 g/mol. The van der Waals surface area contributed by atoms with Gasteiger partial charge in [0.2, 0.25) is 0 Å². The fourth-order valence-corrected chi connectivity index (χ4v) is 5.98. The summed E-state index contributed by atoms with van der Waals surface area (Å²) in [5, 5.41) is 36.2. The smallest absolute Gasteiger partial charge is 0.390 e. The van der Waals surface area contributed by atoms with Crippen molar-refractivity contribution in [3.8, 4) is 0 Å². The molecule has 42 heavy (non-hydrogen) atoms. The molecule has 228 valence electrons. The highest BCUT2D eigenvalue weighted by molar-refractivity contribution is 7.87. The molecule has 8 nitrogen and oxygen atoms in total. The molecule has 0 bridgehead atoms. The minimum atomic E-state index is -6.10. The first-order valence-electron chi connectivity index (χ1n) is 13.2. The van der Waals surface area contributed by atoms with E-state index in [2.05, 4.69) is 4.18 Å². The van der Waals surface area contributed by atoms with Gasteiger partial charge in [-0.3, -0.25) is 4.18 Å². The van der Waals surface area contributed by atoms with Crippen LogP contribution in [0, 0.1) is 5.92 Å². The highest BCUT2D eigenvalue weighted by Crippen LogP contribution is 2.48. The molecule has 1 heterocycles. The van der Waals surface area contributed by atoms with Gasteiger partial charge in [0.15, 0.2) is 6.29 Å². The molecule has 6 atom stereocenters. The first kappa shape index (κ1) is 32.1. The van der Waals surface area contributed by atoms with Gasteiger partial charge in [-0.05, 0) is 16.7 Å². The van der Waals surface area contributed by atoms with E-state index in [-0.39, 0.29) is 19.3 Å². The van der Waals surface area contributed by atoms with Crippen molar-refractivity contribution in [1.29, 1.82) is 0 Å². The van der Waals surface area contributed by atoms with Crippen LogP contribution in [-0.4, -0.2) is 72.7 Å². The van der Waals surface area contributed by atoms with E-state index in [0.717, 1.165) is 0 Å². The SMILES string of the molecule is CO[C@H]1O[C@H](C(O)Cc2ccccc2)[C@@H](COS(=O)(=O)C(F)(F)F)[C@@](O)(Cc2ccccc2)[C@]1(O)Cc1ccccc1. The minimum absolute atomic E-state index is 0.0665. The second kappa shape index (κ2) is 12.8. The lowest BCUT2D eigenvalue weighted by Gasteiger charge is -2.57. The number of ether oxygens (including phenoxy) is 2. The van der Waals surface area contributed by atoms with Gasteiger partial charge >= 0.3 is 15.6 Å². The molecule has 12 heteroatoms. The summed E-state index contributed by atoms with van der Waals surface area (Å²) in [5.41, 5.74) is -8.88. The van der Waals surface area contributed by atoms with Gasteiger partial charge in [0.1, 0.15) is 11.2 Å². The molecule has 0 saturated carbocycles. The lowest BCUT2D eigenvalue weighted by molar-refractivity contribution is -0.368. The van der Waals surface area contributed by atoms with Gasteiger partial charge in [-0.15, -0.1) is 0 Å². The van der Waals surface area contributed by atoms with Crippen molar-refractivity contribution in [1.82, 2.24) is 0 Å². The zero-order valence-electron chi connectivity index (χ0n) is 22.7. The molecular formula is C30H33F3O8S. The Hall–Kier alpha value is -2.84. The lowest BCUT2D eigenvalue weighted by Crippen LogP contribution is -2.75. The number of rotatable bonds is 11. The van der Waals surface area contributed by atoms with Gasteiger partial charge < -0.3 is 24.8 Å². The summed E-state index contributed by atoms with van der Waals surface area (Å²) in [7, 11) is -4.89. The van der Waals surface area contributed by atoms with E-state index < -0.39 is 57.9 Å². The van der Waals surface area contributed by atoms with Gasteiger partial charge in [-0.2, -0.15) is 21.6 Å².